The summed E-state index contributed by atoms with van der Waals surface area (Å²) in [5, 5.41) is 0.751. The highest BCUT2D eigenvalue weighted by Crippen LogP contribution is 2.33. The molecule has 0 fully saturated rings. The highest BCUT2D eigenvalue weighted by atomic mass is 35.5. The van der Waals surface area contributed by atoms with E-state index in [9.17, 15) is 0 Å². The lowest BCUT2D eigenvalue weighted by atomic mass is 9.89. The summed E-state index contributed by atoms with van der Waals surface area (Å²) < 4.78 is 0. The normalized spacial score (nSPS) is 15.6. The van der Waals surface area contributed by atoms with Gasteiger partial charge in [0.1, 0.15) is 0 Å². The van der Waals surface area contributed by atoms with Crippen LogP contribution in [0.4, 0.5) is 0 Å². The quantitative estimate of drug-likeness (QED) is 0.715. The van der Waals surface area contributed by atoms with Crippen LogP contribution in [0.2, 0.25) is 5.02 Å². The van der Waals surface area contributed by atoms with Gasteiger partial charge in [-0.05, 0) is 25.0 Å². The Hall–Kier alpha value is -0.270. The third-order valence-corrected chi connectivity index (χ3v) is 2.91. The van der Waals surface area contributed by atoms with E-state index in [1.165, 1.54) is 0 Å². The van der Waals surface area contributed by atoms with E-state index in [1.54, 1.807) is 6.20 Å². The molecule has 0 spiro atoms. The van der Waals surface area contributed by atoms with Gasteiger partial charge in [-0.3, -0.25) is 4.98 Å². The summed E-state index contributed by atoms with van der Waals surface area (Å²) in [4.78, 5) is 4.30. The molecule has 0 aromatic carbocycles. The molecule has 78 valence electrons. The van der Waals surface area contributed by atoms with Crippen molar-refractivity contribution >= 4 is 23.2 Å². The van der Waals surface area contributed by atoms with Crippen molar-refractivity contribution in [1.29, 1.82) is 0 Å². The first-order valence-electron chi connectivity index (χ1n) is 4.78. The van der Waals surface area contributed by atoms with Gasteiger partial charge in [-0.2, -0.15) is 0 Å². The van der Waals surface area contributed by atoms with Crippen molar-refractivity contribution in [3.63, 3.8) is 0 Å². The van der Waals surface area contributed by atoms with Crippen molar-refractivity contribution in [3.8, 4) is 0 Å². The number of hydrogen-bond acceptors (Lipinski definition) is 1. The minimum atomic E-state index is 0.0439. The van der Waals surface area contributed by atoms with Crippen molar-refractivity contribution in [2.24, 2.45) is 5.92 Å². The van der Waals surface area contributed by atoms with Crippen LogP contribution in [0, 0.1) is 5.92 Å². The standard InChI is InChI=1S/C11H15Cl2N/c1-7(2)10(8(3)12)11-9(13)5-4-6-14-11/h4-8,10H,1-3H3. The topological polar surface area (TPSA) is 12.9 Å². The highest BCUT2D eigenvalue weighted by molar-refractivity contribution is 6.31. The Morgan fingerprint density at radius 3 is 2.36 bits per heavy atom. The van der Waals surface area contributed by atoms with Gasteiger partial charge in [-0.25, -0.2) is 0 Å². The van der Waals surface area contributed by atoms with E-state index in [4.69, 9.17) is 23.2 Å². The summed E-state index contributed by atoms with van der Waals surface area (Å²) in [5.74, 6) is 0.653. The van der Waals surface area contributed by atoms with E-state index in [-0.39, 0.29) is 11.3 Å². The molecule has 1 rings (SSSR count). The van der Waals surface area contributed by atoms with Gasteiger partial charge >= 0.3 is 0 Å². The van der Waals surface area contributed by atoms with Gasteiger partial charge in [0.25, 0.3) is 0 Å². The van der Waals surface area contributed by atoms with Crippen molar-refractivity contribution in [1.82, 2.24) is 4.98 Å². The van der Waals surface area contributed by atoms with Crippen molar-refractivity contribution in [2.75, 3.05) is 0 Å². The molecule has 0 saturated heterocycles. The second kappa shape index (κ2) is 4.99. The number of hydrogen-bond donors (Lipinski definition) is 0. The van der Waals surface area contributed by atoms with Crippen molar-refractivity contribution in [2.45, 2.75) is 32.1 Å². The molecule has 1 aromatic rings. The molecule has 0 aliphatic carbocycles. The van der Waals surface area contributed by atoms with Crippen LogP contribution in [0.3, 0.4) is 0 Å². The molecule has 2 unspecified atom stereocenters. The monoisotopic (exact) mass is 231 g/mol. The van der Waals surface area contributed by atoms with Crippen LogP contribution in [-0.2, 0) is 0 Å². The molecule has 0 saturated carbocycles. The maximum Gasteiger partial charge on any atom is 0.0637 e. The smallest absolute Gasteiger partial charge is 0.0637 e. The predicted molar refractivity (Wildman–Crippen MR) is 62.1 cm³/mol. The third-order valence-electron chi connectivity index (χ3n) is 2.32. The molecule has 0 bridgehead atoms. The second-order valence-corrected chi connectivity index (χ2v) is 4.91. The average molecular weight is 232 g/mol. The van der Waals surface area contributed by atoms with Gasteiger partial charge < -0.3 is 0 Å². The first-order valence-corrected chi connectivity index (χ1v) is 5.60. The number of rotatable bonds is 3. The molecular weight excluding hydrogens is 217 g/mol. The maximum absolute atomic E-state index is 6.15. The minimum absolute atomic E-state index is 0.0439. The molecule has 14 heavy (non-hydrogen) atoms. The fourth-order valence-electron chi connectivity index (χ4n) is 1.71. The molecule has 0 aliphatic heterocycles. The summed E-state index contributed by atoms with van der Waals surface area (Å²) in [7, 11) is 0. The summed E-state index contributed by atoms with van der Waals surface area (Å²) in [5.41, 5.74) is 0.909. The second-order valence-electron chi connectivity index (χ2n) is 3.82. The first kappa shape index (κ1) is 11.8. The average Bonchev–Trinajstić information content (AvgIpc) is 2.07. The Balaban J connectivity index is 3.05. The Bertz CT molecular complexity index is 289. The minimum Gasteiger partial charge on any atom is -0.259 e. The molecule has 2 atom stereocenters. The predicted octanol–water partition coefficient (Wildman–Crippen LogP) is 4.10. The Morgan fingerprint density at radius 1 is 1.29 bits per heavy atom. The maximum atomic E-state index is 6.15. The van der Waals surface area contributed by atoms with Gasteiger partial charge in [-0.15, -0.1) is 11.6 Å². The van der Waals surface area contributed by atoms with Crippen LogP contribution in [-0.4, -0.2) is 10.4 Å². The SMILES string of the molecule is CC(C)C(c1ncccc1Cl)C(C)Cl. The summed E-state index contributed by atoms with van der Waals surface area (Å²) in [6.07, 6.45) is 1.76. The fraction of sp³-hybridized carbons (Fsp3) is 0.545. The molecule has 1 aromatic heterocycles. The van der Waals surface area contributed by atoms with Crippen LogP contribution in [0.1, 0.15) is 32.4 Å². The first-order chi connectivity index (χ1) is 6.54. The Kier molecular flexibility index (Phi) is 4.21. The molecular formula is C11H15Cl2N. The lowest BCUT2D eigenvalue weighted by Gasteiger charge is -2.23. The van der Waals surface area contributed by atoms with Crippen LogP contribution < -0.4 is 0 Å². The zero-order valence-electron chi connectivity index (χ0n) is 8.67. The van der Waals surface area contributed by atoms with Gasteiger partial charge in [-0.1, -0.05) is 25.4 Å². The van der Waals surface area contributed by atoms with E-state index in [0.29, 0.717) is 10.9 Å². The van der Waals surface area contributed by atoms with E-state index in [0.717, 1.165) is 5.69 Å². The number of pyridine rings is 1. The molecule has 0 radical (unpaired) electrons. The van der Waals surface area contributed by atoms with E-state index in [2.05, 4.69) is 18.8 Å². The van der Waals surface area contributed by atoms with Gasteiger partial charge in [0.2, 0.25) is 0 Å². The lowest BCUT2D eigenvalue weighted by molar-refractivity contribution is 0.480. The molecule has 0 aliphatic rings. The summed E-state index contributed by atoms with van der Waals surface area (Å²) >= 11 is 12.2. The molecule has 0 amide bonds. The highest BCUT2D eigenvalue weighted by Gasteiger charge is 2.24. The van der Waals surface area contributed by atoms with Gasteiger partial charge in [0.15, 0.2) is 0 Å². The number of halogens is 2. The van der Waals surface area contributed by atoms with Crippen LogP contribution >= 0.6 is 23.2 Å². The number of aromatic nitrogens is 1. The summed E-state index contributed by atoms with van der Waals surface area (Å²) in [6, 6.07) is 3.70. The molecule has 0 N–H and O–H groups in total. The van der Waals surface area contributed by atoms with E-state index >= 15 is 0 Å². The Labute approximate surface area is 95.4 Å². The number of alkyl halides is 1. The van der Waals surface area contributed by atoms with Gasteiger partial charge in [0, 0.05) is 17.5 Å². The van der Waals surface area contributed by atoms with Crippen LogP contribution in [0.25, 0.3) is 0 Å². The van der Waals surface area contributed by atoms with E-state index < -0.39 is 0 Å². The Morgan fingerprint density at radius 2 is 1.93 bits per heavy atom. The van der Waals surface area contributed by atoms with Crippen LogP contribution in [0.5, 0.6) is 0 Å². The molecule has 1 heterocycles. The molecule has 3 heteroatoms. The van der Waals surface area contributed by atoms with Crippen molar-refractivity contribution in [3.05, 3.63) is 29.0 Å². The van der Waals surface area contributed by atoms with Crippen LogP contribution in [0.15, 0.2) is 18.3 Å². The summed E-state index contributed by atoms with van der Waals surface area (Å²) in [6.45, 7) is 6.25. The largest absolute Gasteiger partial charge is 0.259 e. The number of nitrogens with zero attached hydrogens (tertiary/aromatic N) is 1. The van der Waals surface area contributed by atoms with Gasteiger partial charge in [0.05, 0.1) is 10.7 Å². The van der Waals surface area contributed by atoms with Crippen molar-refractivity contribution < 1.29 is 0 Å². The fourth-order valence-corrected chi connectivity index (χ4v) is 2.36. The third kappa shape index (κ3) is 2.61. The van der Waals surface area contributed by atoms with E-state index in [1.807, 2.05) is 19.1 Å². The zero-order chi connectivity index (χ0) is 10.7. The molecule has 1 nitrogen and oxygen atoms in total. The zero-order valence-corrected chi connectivity index (χ0v) is 10.2. The lowest BCUT2D eigenvalue weighted by Crippen LogP contribution is -2.17.